The molecule has 0 bridgehead atoms. The summed E-state index contributed by atoms with van der Waals surface area (Å²) in [6.07, 6.45) is 6.05. The van der Waals surface area contributed by atoms with Crippen molar-refractivity contribution in [3.8, 4) is 0 Å². The van der Waals surface area contributed by atoms with Gasteiger partial charge in [0.1, 0.15) is 0 Å². The molecule has 3 N–H and O–H groups in total. The fourth-order valence-electron chi connectivity index (χ4n) is 3.27. The highest BCUT2D eigenvalue weighted by molar-refractivity contribution is 7.89. The monoisotopic (exact) mass is 355 g/mol. The van der Waals surface area contributed by atoms with Crippen LogP contribution in [0.1, 0.15) is 25.7 Å². The third kappa shape index (κ3) is 3.83. The van der Waals surface area contributed by atoms with E-state index < -0.39 is 10.0 Å². The number of fused-ring (bicyclic) bond motifs is 1. The Morgan fingerprint density at radius 3 is 2.65 bits per heavy atom. The zero-order valence-electron chi connectivity index (χ0n) is 12.8. The average Bonchev–Trinajstić information content (AvgIpc) is 3.06. The average molecular weight is 356 g/mol. The number of nitrogens with one attached hydrogen (secondary N) is 1. The van der Waals surface area contributed by atoms with Crippen molar-refractivity contribution in [3.63, 3.8) is 0 Å². The van der Waals surface area contributed by atoms with Gasteiger partial charge in [-0.3, -0.25) is 4.98 Å². The summed E-state index contributed by atoms with van der Waals surface area (Å²) in [5.41, 5.74) is 6.49. The van der Waals surface area contributed by atoms with Crippen molar-refractivity contribution in [3.05, 3.63) is 36.5 Å². The highest BCUT2D eigenvalue weighted by Gasteiger charge is 2.29. The summed E-state index contributed by atoms with van der Waals surface area (Å²) in [6, 6.07) is 8.49. The molecule has 2 aromatic rings. The van der Waals surface area contributed by atoms with Gasteiger partial charge in [0.2, 0.25) is 10.0 Å². The van der Waals surface area contributed by atoms with Crippen LogP contribution in [-0.2, 0) is 10.0 Å². The number of hydrogen-bond donors (Lipinski definition) is 2. The van der Waals surface area contributed by atoms with Gasteiger partial charge in [0, 0.05) is 24.2 Å². The quantitative estimate of drug-likeness (QED) is 0.862. The molecule has 0 aliphatic heterocycles. The predicted molar refractivity (Wildman–Crippen MR) is 94.1 cm³/mol. The molecule has 1 aliphatic rings. The first-order valence-corrected chi connectivity index (χ1v) is 9.16. The maximum absolute atomic E-state index is 12.8. The summed E-state index contributed by atoms with van der Waals surface area (Å²) in [6.45, 7) is 0.326. The van der Waals surface area contributed by atoms with E-state index in [0.29, 0.717) is 23.4 Å². The van der Waals surface area contributed by atoms with Crippen LogP contribution in [0, 0.1) is 5.92 Å². The molecule has 0 radical (unpaired) electrons. The van der Waals surface area contributed by atoms with Gasteiger partial charge in [-0.2, -0.15) is 0 Å². The van der Waals surface area contributed by atoms with E-state index in [1.165, 1.54) is 0 Å². The van der Waals surface area contributed by atoms with E-state index in [0.717, 1.165) is 25.7 Å². The van der Waals surface area contributed by atoms with Crippen molar-refractivity contribution in [2.24, 2.45) is 11.7 Å². The Labute approximate surface area is 143 Å². The summed E-state index contributed by atoms with van der Waals surface area (Å²) in [5, 5.41) is 0.639. The summed E-state index contributed by atoms with van der Waals surface area (Å²) in [7, 11) is -3.61. The summed E-state index contributed by atoms with van der Waals surface area (Å²) < 4.78 is 28.4. The van der Waals surface area contributed by atoms with Crippen molar-refractivity contribution in [2.75, 3.05) is 6.54 Å². The minimum absolute atomic E-state index is 0. The second-order valence-corrected chi connectivity index (χ2v) is 7.52. The Morgan fingerprint density at radius 1 is 1.22 bits per heavy atom. The zero-order chi connectivity index (χ0) is 15.6. The smallest absolute Gasteiger partial charge is 0.241 e. The molecule has 3 rings (SSSR count). The Hall–Kier alpha value is -1.21. The Morgan fingerprint density at radius 2 is 1.96 bits per heavy atom. The Bertz CT molecular complexity index is 756. The summed E-state index contributed by atoms with van der Waals surface area (Å²) in [4.78, 5) is 4.49. The first-order chi connectivity index (χ1) is 10.6. The highest BCUT2D eigenvalue weighted by Crippen LogP contribution is 2.29. The number of rotatable bonds is 5. The number of pyridine rings is 1. The molecule has 1 aromatic heterocycles. The fourth-order valence-corrected chi connectivity index (χ4v) is 4.80. The summed E-state index contributed by atoms with van der Waals surface area (Å²) >= 11 is 0. The first kappa shape index (κ1) is 18.1. The van der Waals surface area contributed by atoms with Gasteiger partial charge in [-0.1, -0.05) is 18.9 Å². The Balaban J connectivity index is 0.00000192. The molecule has 7 heteroatoms. The van der Waals surface area contributed by atoms with E-state index in [2.05, 4.69) is 9.71 Å². The van der Waals surface area contributed by atoms with Gasteiger partial charge in [0.15, 0.2) is 0 Å². The van der Waals surface area contributed by atoms with Crippen molar-refractivity contribution in [2.45, 2.75) is 36.6 Å². The molecule has 0 saturated heterocycles. The maximum atomic E-state index is 12.8. The van der Waals surface area contributed by atoms with Crippen LogP contribution in [0.4, 0.5) is 0 Å². The zero-order valence-corrected chi connectivity index (χ0v) is 14.4. The minimum Gasteiger partial charge on any atom is -0.329 e. The molecule has 1 saturated carbocycles. The normalized spacial score (nSPS) is 17.1. The standard InChI is InChI=1S/C16H21N3O2S.ClH/c17-11-15(12-5-1-2-6-12)19-22(20,21)16-9-3-8-14-13(16)7-4-10-18-14;/h3-4,7-10,12,15,19H,1-2,5-6,11,17H2;1H. The molecule has 5 nitrogen and oxygen atoms in total. The molecule has 1 aliphatic carbocycles. The third-order valence-electron chi connectivity index (χ3n) is 4.42. The van der Waals surface area contributed by atoms with E-state index in [-0.39, 0.29) is 23.3 Å². The van der Waals surface area contributed by atoms with Crippen LogP contribution in [0.5, 0.6) is 0 Å². The second kappa shape index (κ2) is 7.57. The van der Waals surface area contributed by atoms with Crippen molar-refractivity contribution < 1.29 is 8.42 Å². The molecule has 0 amide bonds. The van der Waals surface area contributed by atoms with Crippen LogP contribution in [-0.4, -0.2) is 26.0 Å². The number of nitrogens with two attached hydrogens (primary N) is 1. The van der Waals surface area contributed by atoms with Crippen LogP contribution in [0.25, 0.3) is 10.9 Å². The predicted octanol–water partition coefficient (Wildman–Crippen LogP) is 2.45. The molecule has 1 aromatic carbocycles. The number of sulfonamides is 1. The number of benzene rings is 1. The van der Waals surface area contributed by atoms with E-state index in [4.69, 9.17) is 5.73 Å². The molecular weight excluding hydrogens is 334 g/mol. The van der Waals surface area contributed by atoms with Crippen LogP contribution in [0.2, 0.25) is 0 Å². The minimum atomic E-state index is -3.61. The van der Waals surface area contributed by atoms with E-state index in [1.807, 2.05) is 6.07 Å². The lowest BCUT2D eigenvalue weighted by molar-refractivity contribution is 0.406. The van der Waals surface area contributed by atoms with Crippen LogP contribution in [0.3, 0.4) is 0 Å². The first-order valence-electron chi connectivity index (χ1n) is 7.68. The van der Waals surface area contributed by atoms with Crippen molar-refractivity contribution >= 4 is 33.3 Å². The molecule has 0 spiro atoms. The van der Waals surface area contributed by atoms with Gasteiger partial charge < -0.3 is 5.73 Å². The van der Waals surface area contributed by atoms with Crippen molar-refractivity contribution in [1.82, 2.24) is 9.71 Å². The molecule has 1 unspecified atom stereocenters. The number of hydrogen-bond acceptors (Lipinski definition) is 4. The van der Waals surface area contributed by atoms with Gasteiger partial charge in [-0.05, 0) is 43.0 Å². The van der Waals surface area contributed by atoms with Gasteiger partial charge in [-0.15, -0.1) is 12.4 Å². The van der Waals surface area contributed by atoms with Gasteiger partial charge in [-0.25, -0.2) is 13.1 Å². The van der Waals surface area contributed by atoms with E-state index in [1.54, 1.807) is 30.5 Å². The molecule has 23 heavy (non-hydrogen) atoms. The molecule has 126 valence electrons. The SMILES string of the molecule is Cl.NCC(NS(=O)(=O)c1cccc2ncccc12)C1CCCC1. The number of aromatic nitrogens is 1. The van der Waals surface area contributed by atoms with Crippen LogP contribution in [0.15, 0.2) is 41.4 Å². The number of halogens is 1. The van der Waals surface area contributed by atoms with Crippen LogP contribution >= 0.6 is 12.4 Å². The third-order valence-corrected chi connectivity index (χ3v) is 5.97. The van der Waals surface area contributed by atoms with Gasteiger partial charge >= 0.3 is 0 Å². The maximum Gasteiger partial charge on any atom is 0.241 e. The molecule has 1 fully saturated rings. The molecule has 1 atom stereocenters. The van der Waals surface area contributed by atoms with Crippen LogP contribution < -0.4 is 10.5 Å². The molecular formula is C16H22ClN3O2S. The van der Waals surface area contributed by atoms with E-state index >= 15 is 0 Å². The summed E-state index contributed by atoms with van der Waals surface area (Å²) in [5.74, 6) is 0.341. The largest absolute Gasteiger partial charge is 0.329 e. The van der Waals surface area contributed by atoms with Crippen molar-refractivity contribution in [1.29, 1.82) is 0 Å². The fraction of sp³-hybridized carbons (Fsp3) is 0.438. The molecule has 1 heterocycles. The van der Waals surface area contributed by atoms with E-state index in [9.17, 15) is 8.42 Å². The van der Waals surface area contributed by atoms with Gasteiger partial charge in [0.25, 0.3) is 0 Å². The lowest BCUT2D eigenvalue weighted by Crippen LogP contribution is -2.44. The topological polar surface area (TPSA) is 85.1 Å². The highest BCUT2D eigenvalue weighted by atomic mass is 35.5. The van der Waals surface area contributed by atoms with Gasteiger partial charge in [0.05, 0.1) is 10.4 Å². The lowest BCUT2D eigenvalue weighted by Gasteiger charge is -2.23. The Kier molecular flexibility index (Phi) is 5.97. The lowest BCUT2D eigenvalue weighted by atomic mass is 9.99. The second-order valence-electron chi connectivity index (χ2n) is 5.83. The number of nitrogens with zero attached hydrogens (tertiary/aromatic N) is 1.